The van der Waals surface area contributed by atoms with E-state index in [1.54, 1.807) is 38.4 Å². The molecule has 5 heteroatoms. The van der Waals surface area contributed by atoms with Gasteiger partial charge in [0, 0.05) is 25.3 Å². The maximum Gasteiger partial charge on any atom is 0.253 e. The third-order valence-electron chi connectivity index (χ3n) is 4.83. The van der Waals surface area contributed by atoms with Crippen LogP contribution in [0.2, 0.25) is 0 Å². The minimum absolute atomic E-state index is 0.0710. The number of nitrogens with one attached hydrogen (secondary N) is 2. The smallest absolute Gasteiger partial charge is 0.253 e. The Hall–Kier alpha value is -3.44. The number of amides is 2. The molecule has 3 rings (SSSR count). The lowest BCUT2D eigenvalue weighted by atomic mass is 9.98. The maximum atomic E-state index is 12.5. The first-order chi connectivity index (χ1) is 14.4. The summed E-state index contributed by atoms with van der Waals surface area (Å²) in [4.78, 5) is 26.0. The molecule has 0 unspecified atom stereocenters. The molecule has 0 aliphatic heterocycles. The molecule has 0 bridgehead atoms. The lowest BCUT2D eigenvalue weighted by Gasteiger charge is -2.20. The van der Waals surface area contributed by atoms with Crippen LogP contribution in [0.5, 0.6) is 0 Å². The first-order valence-electron chi connectivity index (χ1n) is 9.90. The van der Waals surface area contributed by atoms with Crippen molar-refractivity contribution in [2.75, 3.05) is 26.0 Å². The molecule has 30 heavy (non-hydrogen) atoms. The Morgan fingerprint density at radius 3 is 2.03 bits per heavy atom. The number of carbonyl (C=O) groups excluding carboxylic acids is 2. The fourth-order valence-corrected chi connectivity index (χ4v) is 3.19. The zero-order chi connectivity index (χ0) is 21.5. The van der Waals surface area contributed by atoms with Crippen molar-refractivity contribution in [3.8, 4) is 0 Å². The summed E-state index contributed by atoms with van der Waals surface area (Å²) in [6, 6.07) is 25.2. The van der Waals surface area contributed by atoms with Gasteiger partial charge in [-0.05, 0) is 42.3 Å². The molecule has 0 radical (unpaired) electrons. The van der Waals surface area contributed by atoms with E-state index in [4.69, 9.17) is 0 Å². The molecular formula is C25H27N3O2. The zero-order valence-corrected chi connectivity index (χ0v) is 17.6. The molecule has 2 N–H and O–H groups in total. The molecule has 0 saturated carbocycles. The third kappa shape index (κ3) is 5.55. The molecule has 0 aromatic heterocycles. The second-order valence-corrected chi connectivity index (χ2v) is 7.46. The van der Waals surface area contributed by atoms with Gasteiger partial charge in [0.25, 0.3) is 5.91 Å². The molecule has 3 aromatic rings. The van der Waals surface area contributed by atoms with E-state index in [9.17, 15) is 9.59 Å². The lowest BCUT2D eigenvalue weighted by molar-refractivity contribution is -0.115. The van der Waals surface area contributed by atoms with Crippen molar-refractivity contribution in [2.45, 2.75) is 13.0 Å². The number of hydrogen-bond acceptors (Lipinski definition) is 3. The summed E-state index contributed by atoms with van der Waals surface area (Å²) in [5.41, 5.74) is 4.63. The topological polar surface area (TPSA) is 61.4 Å². The summed E-state index contributed by atoms with van der Waals surface area (Å²) in [7, 11) is 3.42. The quantitative estimate of drug-likeness (QED) is 0.629. The molecule has 0 aliphatic carbocycles. The molecule has 1 atom stereocenters. The molecule has 0 heterocycles. The van der Waals surface area contributed by atoms with Crippen molar-refractivity contribution in [3.63, 3.8) is 0 Å². The second-order valence-electron chi connectivity index (χ2n) is 7.46. The summed E-state index contributed by atoms with van der Waals surface area (Å²) in [5, 5.41) is 6.24. The van der Waals surface area contributed by atoms with Gasteiger partial charge in [0.2, 0.25) is 5.91 Å². The van der Waals surface area contributed by atoms with Gasteiger partial charge < -0.3 is 10.2 Å². The maximum absolute atomic E-state index is 12.5. The number of anilines is 1. The predicted octanol–water partition coefficient (Wildman–Crippen LogP) is 4.01. The van der Waals surface area contributed by atoms with Crippen LogP contribution in [-0.2, 0) is 4.79 Å². The van der Waals surface area contributed by atoms with Crippen LogP contribution in [0.25, 0.3) is 0 Å². The Kier molecular flexibility index (Phi) is 6.99. The normalized spacial score (nSPS) is 11.6. The Morgan fingerprint density at radius 1 is 0.833 bits per heavy atom. The van der Waals surface area contributed by atoms with E-state index < -0.39 is 0 Å². The van der Waals surface area contributed by atoms with Crippen molar-refractivity contribution in [1.29, 1.82) is 0 Å². The molecule has 0 saturated heterocycles. The van der Waals surface area contributed by atoms with Gasteiger partial charge in [-0.1, -0.05) is 60.2 Å². The zero-order valence-electron chi connectivity index (χ0n) is 17.6. The van der Waals surface area contributed by atoms with Crippen molar-refractivity contribution in [1.82, 2.24) is 10.2 Å². The highest BCUT2D eigenvalue weighted by atomic mass is 16.2. The van der Waals surface area contributed by atoms with Crippen LogP contribution >= 0.6 is 0 Å². The van der Waals surface area contributed by atoms with Crippen molar-refractivity contribution >= 4 is 17.5 Å². The minimum Gasteiger partial charge on any atom is -0.345 e. The van der Waals surface area contributed by atoms with E-state index in [-0.39, 0.29) is 24.4 Å². The number of hydrogen-bond donors (Lipinski definition) is 2. The fourth-order valence-electron chi connectivity index (χ4n) is 3.19. The van der Waals surface area contributed by atoms with Crippen LogP contribution in [-0.4, -0.2) is 37.4 Å². The Morgan fingerprint density at radius 2 is 1.43 bits per heavy atom. The number of aryl methyl sites for hydroxylation is 1. The summed E-state index contributed by atoms with van der Waals surface area (Å²) in [6.07, 6.45) is 0. The molecule has 0 spiro atoms. The predicted molar refractivity (Wildman–Crippen MR) is 121 cm³/mol. The van der Waals surface area contributed by atoms with E-state index in [0.717, 1.165) is 11.1 Å². The molecule has 3 aromatic carbocycles. The highest BCUT2D eigenvalue weighted by molar-refractivity contribution is 5.96. The first-order valence-corrected chi connectivity index (χ1v) is 9.90. The summed E-state index contributed by atoms with van der Waals surface area (Å²) >= 11 is 0. The lowest BCUT2D eigenvalue weighted by Crippen LogP contribution is -2.32. The SMILES string of the molecule is Cc1ccc([C@H](NCC(=O)Nc2ccc(C(=O)N(C)C)cc2)c2ccccc2)cc1. The van der Waals surface area contributed by atoms with Crippen molar-refractivity contribution in [2.24, 2.45) is 0 Å². The van der Waals surface area contributed by atoms with Gasteiger partial charge in [0.05, 0.1) is 12.6 Å². The van der Waals surface area contributed by atoms with Crippen LogP contribution in [0.15, 0.2) is 78.9 Å². The van der Waals surface area contributed by atoms with E-state index in [2.05, 4.69) is 54.0 Å². The Labute approximate surface area is 177 Å². The molecule has 2 amide bonds. The van der Waals surface area contributed by atoms with Crippen LogP contribution in [0.4, 0.5) is 5.69 Å². The monoisotopic (exact) mass is 401 g/mol. The molecule has 5 nitrogen and oxygen atoms in total. The average molecular weight is 402 g/mol. The largest absolute Gasteiger partial charge is 0.345 e. The highest BCUT2D eigenvalue weighted by Crippen LogP contribution is 2.22. The number of nitrogens with zero attached hydrogens (tertiary/aromatic N) is 1. The highest BCUT2D eigenvalue weighted by Gasteiger charge is 2.15. The number of rotatable bonds is 7. The standard InChI is InChI=1S/C25H27N3O2/c1-18-9-11-20(12-10-18)24(19-7-5-4-6-8-19)26-17-23(29)27-22-15-13-21(14-16-22)25(30)28(2)3/h4-16,24,26H,17H2,1-3H3,(H,27,29)/t24-/m1/s1. The van der Waals surface area contributed by atoms with Gasteiger partial charge in [0.1, 0.15) is 0 Å². The summed E-state index contributed by atoms with van der Waals surface area (Å²) < 4.78 is 0. The van der Waals surface area contributed by atoms with E-state index in [0.29, 0.717) is 11.3 Å². The van der Waals surface area contributed by atoms with Gasteiger partial charge in [-0.2, -0.15) is 0 Å². The van der Waals surface area contributed by atoms with Gasteiger partial charge in [-0.25, -0.2) is 0 Å². The Balaban J connectivity index is 1.66. The Bertz CT molecular complexity index is 981. The molecular weight excluding hydrogens is 374 g/mol. The van der Waals surface area contributed by atoms with Crippen LogP contribution in [0, 0.1) is 6.92 Å². The van der Waals surface area contributed by atoms with Crippen molar-refractivity contribution in [3.05, 3.63) is 101 Å². The van der Waals surface area contributed by atoms with Gasteiger partial charge in [-0.3, -0.25) is 14.9 Å². The number of benzene rings is 3. The average Bonchev–Trinajstić information content (AvgIpc) is 2.76. The van der Waals surface area contributed by atoms with Gasteiger partial charge >= 0.3 is 0 Å². The van der Waals surface area contributed by atoms with E-state index in [1.165, 1.54) is 10.5 Å². The molecule has 0 fully saturated rings. The van der Waals surface area contributed by atoms with Crippen LogP contribution in [0.3, 0.4) is 0 Å². The molecule has 0 aliphatic rings. The first kappa shape index (κ1) is 21.3. The van der Waals surface area contributed by atoms with Crippen LogP contribution < -0.4 is 10.6 Å². The van der Waals surface area contributed by atoms with Crippen LogP contribution in [0.1, 0.15) is 33.1 Å². The third-order valence-corrected chi connectivity index (χ3v) is 4.83. The van der Waals surface area contributed by atoms with E-state index >= 15 is 0 Å². The summed E-state index contributed by atoms with van der Waals surface area (Å²) in [5.74, 6) is -0.215. The fraction of sp³-hybridized carbons (Fsp3) is 0.200. The number of carbonyl (C=O) groups is 2. The van der Waals surface area contributed by atoms with Crippen molar-refractivity contribution < 1.29 is 9.59 Å². The van der Waals surface area contributed by atoms with Gasteiger partial charge in [-0.15, -0.1) is 0 Å². The van der Waals surface area contributed by atoms with Gasteiger partial charge in [0.15, 0.2) is 0 Å². The summed E-state index contributed by atoms with van der Waals surface area (Å²) in [6.45, 7) is 2.21. The second kappa shape index (κ2) is 9.85. The minimum atomic E-state index is -0.144. The van der Waals surface area contributed by atoms with E-state index in [1.807, 2.05) is 18.2 Å². The molecule has 154 valence electrons.